The molecule has 1 rings (SSSR count). The molecule has 2 heteroatoms. The minimum atomic E-state index is 0.0197. The molecule has 1 nitrogen and oxygen atoms in total. The lowest BCUT2D eigenvalue weighted by molar-refractivity contribution is 0.856. The van der Waals surface area contributed by atoms with Gasteiger partial charge in [-0.25, -0.2) is 0 Å². The molecule has 1 aromatic heterocycles. The topological polar surface area (TPSA) is 26.0 Å². The monoisotopic (exact) mass is 153 g/mol. The van der Waals surface area contributed by atoms with Crippen LogP contribution in [0, 0.1) is 0 Å². The van der Waals surface area contributed by atoms with Crippen LogP contribution in [-0.2, 0) is 0 Å². The Labute approximate surface area is 65.2 Å². The highest BCUT2D eigenvalue weighted by Crippen LogP contribution is 2.18. The summed E-state index contributed by atoms with van der Waals surface area (Å²) >= 11 is 1.66. The molecule has 0 saturated heterocycles. The summed E-state index contributed by atoms with van der Waals surface area (Å²) in [6.07, 6.45) is 0. The van der Waals surface area contributed by atoms with Gasteiger partial charge in [-0.15, -0.1) is 0 Å². The summed E-state index contributed by atoms with van der Waals surface area (Å²) in [7, 11) is 0. The van der Waals surface area contributed by atoms with Crippen LogP contribution in [0.3, 0.4) is 0 Å². The SMILES string of the molecule is C=C(C)C(N)c1ccsc1. The van der Waals surface area contributed by atoms with E-state index in [1.54, 1.807) is 11.3 Å². The molecule has 1 atom stereocenters. The lowest BCUT2D eigenvalue weighted by atomic mass is 10.1. The van der Waals surface area contributed by atoms with Crippen molar-refractivity contribution in [2.75, 3.05) is 0 Å². The predicted molar refractivity (Wildman–Crippen MR) is 46.1 cm³/mol. The minimum Gasteiger partial charge on any atom is -0.321 e. The van der Waals surface area contributed by atoms with E-state index in [1.807, 2.05) is 18.4 Å². The molecular weight excluding hydrogens is 142 g/mol. The molecule has 0 aliphatic carbocycles. The summed E-state index contributed by atoms with van der Waals surface area (Å²) in [5.41, 5.74) is 7.97. The first-order valence-electron chi connectivity index (χ1n) is 3.15. The molecule has 1 unspecified atom stereocenters. The maximum Gasteiger partial charge on any atom is 0.0513 e. The molecule has 1 heterocycles. The van der Waals surface area contributed by atoms with Gasteiger partial charge in [-0.2, -0.15) is 11.3 Å². The molecule has 0 radical (unpaired) electrons. The van der Waals surface area contributed by atoms with Gasteiger partial charge in [0.25, 0.3) is 0 Å². The molecule has 1 aromatic rings. The van der Waals surface area contributed by atoms with Crippen LogP contribution in [0.15, 0.2) is 29.0 Å². The van der Waals surface area contributed by atoms with Crippen LogP contribution in [-0.4, -0.2) is 0 Å². The maximum absolute atomic E-state index is 5.79. The summed E-state index contributed by atoms with van der Waals surface area (Å²) in [6.45, 7) is 5.74. The van der Waals surface area contributed by atoms with Gasteiger partial charge >= 0.3 is 0 Å². The van der Waals surface area contributed by atoms with E-state index in [1.165, 1.54) is 0 Å². The van der Waals surface area contributed by atoms with Crippen LogP contribution in [0.1, 0.15) is 18.5 Å². The van der Waals surface area contributed by atoms with Crippen LogP contribution in [0.4, 0.5) is 0 Å². The zero-order valence-electron chi connectivity index (χ0n) is 6.00. The van der Waals surface area contributed by atoms with Crippen molar-refractivity contribution in [3.05, 3.63) is 34.5 Å². The third-order valence-corrected chi connectivity index (χ3v) is 2.13. The van der Waals surface area contributed by atoms with Gasteiger partial charge in [0.15, 0.2) is 0 Å². The fourth-order valence-electron chi connectivity index (χ4n) is 0.736. The first-order valence-corrected chi connectivity index (χ1v) is 4.09. The highest BCUT2D eigenvalue weighted by Gasteiger charge is 2.04. The van der Waals surface area contributed by atoms with Gasteiger partial charge in [0.05, 0.1) is 6.04 Å². The molecular formula is C8H11NS. The third-order valence-electron chi connectivity index (χ3n) is 1.43. The molecule has 54 valence electrons. The van der Waals surface area contributed by atoms with Gasteiger partial charge in [-0.3, -0.25) is 0 Å². The van der Waals surface area contributed by atoms with E-state index in [0.717, 1.165) is 11.1 Å². The van der Waals surface area contributed by atoms with Crippen molar-refractivity contribution in [2.24, 2.45) is 5.73 Å². The van der Waals surface area contributed by atoms with E-state index >= 15 is 0 Å². The van der Waals surface area contributed by atoms with Gasteiger partial charge in [0, 0.05) is 0 Å². The summed E-state index contributed by atoms with van der Waals surface area (Å²) in [6, 6.07) is 2.05. The maximum atomic E-state index is 5.79. The van der Waals surface area contributed by atoms with Gasteiger partial charge in [-0.05, 0) is 29.3 Å². The normalized spacial score (nSPS) is 13.0. The van der Waals surface area contributed by atoms with Crippen LogP contribution in [0.5, 0.6) is 0 Å². The zero-order valence-corrected chi connectivity index (χ0v) is 6.82. The minimum absolute atomic E-state index is 0.0197. The molecule has 10 heavy (non-hydrogen) atoms. The molecule has 0 bridgehead atoms. The van der Waals surface area contributed by atoms with Crippen LogP contribution >= 0.6 is 11.3 Å². The largest absolute Gasteiger partial charge is 0.321 e. The van der Waals surface area contributed by atoms with Crippen LogP contribution in [0.2, 0.25) is 0 Å². The molecule has 0 aliphatic heterocycles. The molecule has 0 spiro atoms. The number of hydrogen-bond acceptors (Lipinski definition) is 2. The van der Waals surface area contributed by atoms with Gasteiger partial charge in [-0.1, -0.05) is 12.2 Å². The van der Waals surface area contributed by atoms with Crippen LogP contribution < -0.4 is 5.73 Å². The predicted octanol–water partition coefficient (Wildman–Crippen LogP) is 2.32. The second kappa shape index (κ2) is 2.99. The fourth-order valence-corrected chi connectivity index (χ4v) is 1.43. The quantitative estimate of drug-likeness (QED) is 0.648. The first-order chi connectivity index (χ1) is 4.72. The Morgan fingerprint density at radius 3 is 2.90 bits per heavy atom. The Kier molecular flexibility index (Phi) is 2.25. The van der Waals surface area contributed by atoms with Crippen molar-refractivity contribution >= 4 is 11.3 Å². The van der Waals surface area contributed by atoms with Gasteiger partial charge in [0.1, 0.15) is 0 Å². The van der Waals surface area contributed by atoms with Crippen LogP contribution in [0.25, 0.3) is 0 Å². The Morgan fingerprint density at radius 1 is 1.80 bits per heavy atom. The zero-order chi connectivity index (χ0) is 7.56. The average molecular weight is 153 g/mol. The van der Waals surface area contributed by atoms with Crippen molar-refractivity contribution in [3.8, 4) is 0 Å². The number of rotatable bonds is 2. The Balaban J connectivity index is 2.77. The third kappa shape index (κ3) is 1.46. The fraction of sp³-hybridized carbons (Fsp3) is 0.250. The molecule has 0 fully saturated rings. The van der Waals surface area contributed by atoms with Crippen molar-refractivity contribution in [2.45, 2.75) is 13.0 Å². The van der Waals surface area contributed by atoms with E-state index in [9.17, 15) is 0 Å². The van der Waals surface area contributed by atoms with Gasteiger partial charge in [0.2, 0.25) is 0 Å². The summed E-state index contributed by atoms with van der Waals surface area (Å²) in [5, 5.41) is 4.08. The van der Waals surface area contributed by atoms with Crippen molar-refractivity contribution in [1.82, 2.24) is 0 Å². The van der Waals surface area contributed by atoms with Crippen molar-refractivity contribution in [1.29, 1.82) is 0 Å². The summed E-state index contributed by atoms with van der Waals surface area (Å²) in [5.74, 6) is 0. The van der Waals surface area contributed by atoms with E-state index in [-0.39, 0.29) is 6.04 Å². The highest BCUT2D eigenvalue weighted by molar-refractivity contribution is 7.07. The Hall–Kier alpha value is -0.600. The highest BCUT2D eigenvalue weighted by atomic mass is 32.1. The standard InChI is InChI=1S/C8H11NS/c1-6(2)8(9)7-3-4-10-5-7/h3-5,8H,1,9H2,2H3. The van der Waals surface area contributed by atoms with Gasteiger partial charge < -0.3 is 5.73 Å². The Morgan fingerprint density at radius 2 is 2.50 bits per heavy atom. The van der Waals surface area contributed by atoms with E-state index < -0.39 is 0 Å². The molecule has 0 aliphatic rings. The number of hydrogen-bond donors (Lipinski definition) is 1. The molecule has 2 N–H and O–H groups in total. The molecule has 0 saturated carbocycles. The van der Waals surface area contributed by atoms with E-state index in [4.69, 9.17) is 5.73 Å². The number of thiophene rings is 1. The van der Waals surface area contributed by atoms with E-state index in [2.05, 4.69) is 12.0 Å². The average Bonchev–Trinajstić information content (AvgIpc) is 2.36. The lowest BCUT2D eigenvalue weighted by Crippen LogP contribution is -2.09. The number of nitrogens with two attached hydrogens (primary N) is 1. The van der Waals surface area contributed by atoms with E-state index in [0.29, 0.717) is 0 Å². The summed E-state index contributed by atoms with van der Waals surface area (Å²) < 4.78 is 0. The summed E-state index contributed by atoms with van der Waals surface area (Å²) in [4.78, 5) is 0. The van der Waals surface area contributed by atoms with Crippen molar-refractivity contribution in [3.63, 3.8) is 0 Å². The molecule has 0 amide bonds. The smallest absolute Gasteiger partial charge is 0.0513 e. The second-order valence-electron chi connectivity index (χ2n) is 2.38. The molecule has 0 aromatic carbocycles. The first kappa shape index (κ1) is 7.51. The lowest BCUT2D eigenvalue weighted by Gasteiger charge is -2.07. The second-order valence-corrected chi connectivity index (χ2v) is 3.16. The Bertz CT molecular complexity index is 213. The van der Waals surface area contributed by atoms with Crippen molar-refractivity contribution < 1.29 is 0 Å².